The number of hydrogen-bond donors (Lipinski definition) is 0. The number of Topliss-reactive ketones (excluding diaryl/α,β-unsaturated/α-hetero) is 2. The van der Waals surface area contributed by atoms with Gasteiger partial charge < -0.3 is 0 Å². The van der Waals surface area contributed by atoms with Crippen LogP contribution >= 0.6 is 0 Å². The third-order valence-electron chi connectivity index (χ3n) is 9.82. The van der Waals surface area contributed by atoms with E-state index in [1.165, 1.54) is 34.8 Å². The summed E-state index contributed by atoms with van der Waals surface area (Å²) in [6.45, 7) is 10.7. The maximum Gasteiger partial charge on any atom is 0.0346 e. The molecule has 1 aromatic carbocycles. The van der Waals surface area contributed by atoms with Crippen LogP contribution in [0.4, 0.5) is 0 Å². The number of nitrogens with zero attached hydrogens (tertiary/aromatic N) is 3. The Kier molecular flexibility index (Phi) is 8.87. The van der Waals surface area contributed by atoms with Gasteiger partial charge in [-0.3, -0.25) is 14.8 Å². The van der Waals surface area contributed by atoms with E-state index in [1.54, 1.807) is 6.20 Å². The number of ketones is 2. The van der Waals surface area contributed by atoms with Crippen molar-refractivity contribution in [2.45, 2.75) is 70.9 Å². The molecule has 0 N–H and O–H groups in total. The molecule has 4 unspecified atom stereocenters. The second-order valence-electron chi connectivity index (χ2n) is 12.9. The number of fused-ring (bicyclic) bond motifs is 1. The summed E-state index contributed by atoms with van der Waals surface area (Å²) in [6, 6.07) is 11.0. The average Bonchev–Trinajstić information content (AvgIpc) is 3.53. The number of rotatable bonds is 10. The monoisotopic (exact) mass is 664 g/mol. The number of alkyl halides is 2. The molecular weight excluding hydrogens is 621 g/mol. The van der Waals surface area contributed by atoms with E-state index in [4.69, 9.17) is 4.99 Å². The third kappa shape index (κ3) is 6.29. The Labute approximate surface area is 255 Å². The van der Waals surface area contributed by atoms with Crippen LogP contribution in [0.3, 0.4) is 0 Å². The van der Waals surface area contributed by atoms with Crippen molar-refractivity contribution in [3.63, 3.8) is 0 Å². The zero-order chi connectivity index (χ0) is 28.5. The van der Waals surface area contributed by atoms with Crippen molar-refractivity contribution in [1.82, 2.24) is 9.88 Å². The normalized spacial score (nSPS) is 27.0. The minimum absolute atomic E-state index is 0.116. The molecule has 6 rings (SSSR count). The van der Waals surface area contributed by atoms with E-state index in [0.717, 1.165) is 58.8 Å². The summed E-state index contributed by atoms with van der Waals surface area (Å²) in [7, 11) is 0. The first-order valence-corrected chi connectivity index (χ1v) is 18.5. The zero-order valence-electron chi connectivity index (χ0n) is 24.5. The number of aromatic nitrogens is 1. The molecule has 0 spiro atoms. The SMILES string of the molecule is C=C(C)C1=NC(CC(=O)C2CC(C)CC2C(=O)CCC2CN(C3CC[I-]CC3)C2)c2ccc(-c3cccnc3)cc21. The van der Waals surface area contributed by atoms with Gasteiger partial charge >= 0.3 is 133 Å². The van der Waals surface area contributed by atoms with Crippen molar-refractivity contribution in [3.05, 3.63) is 66.0 Å². The number of pyridine rings is 1. The van der Waals surface area contributed by atoms with Gasteiger partial charge in [-0.25, -0.2) is 0 Å². The van der Waals surface area contributed by atoms with Crippen LogP contribution in [0.1, 0.15) is 76.0 Å². The number of likely N-dealkylation sites (tertiary alicyclic amines) is 1. The summed E-state index contributed by atoms with van der Waals surface area (Å²) < 4.78 is 2.97. The van der Waals surface area contributed by atoms with Gasteiger partial charge in [0.25, 0.3) is 0 Å². The van der Waals surface area contributed by atoms with Crippen LogP contribution in [0.15, 0.2) is 59.9 Å². The van der Waals surface area contributed by atoms with Crippen molar-refractivity contribution in [1.29, 1.82) is 0 Å². The van der Waals surface area contributed by atoms with Crippen LogP contribution < -0.4 is 21.2 Å². The third-order valence-corrected chi connectivity index (χ3v) is 12.6. The van der Waals surface area contributed by atoms with Gasteiger partial charge in [-0.1, -0.05) is 31.7 Å². The first kappa shape index (κ1) is 28.9. The van der Waals surface area contributed by atoms with Gasteiger partial charge in [0.15, 0.2) is 0 Å². The first-order valence-electron chi connectivity index (χ1n) is 15.5. The molecular formula is C35H43IN3O2-. The molecule has 1 saturated carbocycles. The van der Waals surface area contributed by atoms with Crippen molar-refractivity contribution in [3.8, 4) is 11.1 Å². The van der Waals surface area contributed by atoms with Gasteiger partial charge in [-0.05, 0) is 35.8 Å². The smallest absolute Gasteiger partial charge is 0.0346 e. The number of aliphatic imine (C=N–C) groups is 1. The standard InChI is InChI=1S/C35H43IN3O2/c1-22(2)35-31-17-25(26-5-4-14-37-19-26)7-8-28(31)32(38-35)18-34(41)30-16-23(3)15-29(30)33(40)9-6-24-20-39(21-24)27-10-12-36-13-11-27/h4-5,7-8,14,17,19,23-24,27,29-30,32H,1,6,9-13,15-16,18,20-21H2,2-3H3/q-1. The Morgan fingerprint density at radius 1 is 1.05 bits per heavy atom. The second kappa shape index (κ2) is 12.6. The minimum atomic E-state index is -0.207. The van der Waals surface area contributed by atoms with Crippen molar-refractivity contribution in [2.24, 2.45) is 28.7 Å². The van der Waals surface area contributed by atoms with Crippen LogP contribution in [0.25, 0.3) is 11.1 Å². The molecule has 1 aromatic heterocycles. The first-order chi connectivity index (χ1) is 19.9. The van der Waals surface area contributed by atoms with E-state index in [2.05, 4.69) is 47.7 Å². The molecule has 0 radical (unpaired) electrons. The second-order valence-corrected chi connectivity index (χ2v) is 16.1. The zero-order valence-corrected chi connectivity index (χ0v) is 26.7. The molecule has 0 amide bonds. The number of hydrogen-bond acceptors (Lipinski definition) is 5. The van der Waals surface area contributed by atoms with Gasteiger partial charge in [0.1, 0.15) is 0 Å². The van der Waals surface area contributed by atoms with Crippen LogP contribution in [0.2, 0.25) is 0 Å². The largest absolute Gasteiger partial charge is 0.264 e. The summed E-state index contributed by atoms with van der Waals surface area (Å²) in [5, 5.41) is 0. The van der Waals surface area contributed by atoms with Crippen LogP contribution in [-0.2, 0) is 9.59 Å². The van der Waals surface area contributed by atoms with Crippen molar-refractivity contribution in [2.75, 3.05) is 21.9 Å². The molecule has 5 nitrogen and oxygen atoms in total. The van der Waals surface area contributed by atoms with Gasteiger partial charge in [-0.2, -0.15) is 0 Å². The average molecular weight is 665 g/mol. The number of benzene rings is 1. The van der Waals surface area contributed by atoms with E-state index in [1.807, 2.05) is 19.2 Å². The summed E-state index contributed by atoms with van der Waals surface area (Å²) in [6.07, 6.45) is 10.1. The Hall–Kier alpha value is -2.19. The summed E-state index contributed by atoms with van der Waals surface area (Å²) in [4.78, 5) is 39.2. The number of halogens is 1. The van der Waals surface area contributed by atoms with E-state index < -0.39 is 0 Å². The fourth-order valence-electron chi connectivity index (χ4n) is 7.53. The predicted molar refractivity (Wildman–Crippen MR) is 161 cm³/mol. The number of carbonyl (C=O) groups excluding carboxylic acids is 2. The molecule has 218 valence electrons. The Morgan fingerprint density at radius 2 is 1.80 bits per heavy atom. The molecule has 41 heavy (non-hydrogen) atoms. The quantitative estimate of drug-likeness (QED) is 0.289. The van der Waals surface area contributed by atoms with E-state index >= 15 is 0 Å². The van der Waals surface area contributed by atoms with Gasteiger partial charge in [0.05, 0.1) is 11.8 Å². The van der Waals surface area contributed by atoms with Crippen molar-refractivity contribution < 1.29 is 30.8 Å². The molecule has 3 aliphatic heterocycles. The predicted octanol–water partition coefficient (Wildman–Crippen LogP) is 3.32. The van der Waals surface area contributed by atoms with Crippen molar-refractivity contribution >= 4 is 17.3 Å². The van der Waals surface area contributed by atoms with Gasteiger partial charge in [0.2, 0.25) is 0 Å². The fraction of sp³-hybridized carbons (Fsp3) is 0.543. The summed E-state index contributed by atoms with van der Waals surface area (Å²) in [5.74, 6) is 1.33. The van der Waals surface area contributed by atoms with E-state index in [9.17, 15) is 9.59 Å². The minimum Gasteiger partial charge on any atom is -0.264 e. The number of allylic oxidation sites excluding steroid dienone is 1. The maximum atomic E-state index is 13.8. The molecule has 2 aromatic rings. The Morgan fingerprint density at radius 3 is 2.51 bits per heavy atom. The molecule has 2 saturated heterocycles. The van der Waals surface area contributed by atoms with Crippen LogP contribution in [0.5, 0.6) is 0 Å². The molecule has 0 bridgehead atoms. The summed E-state index contributed by atoms with van der Waals surface area (Å²) in [5.41, 5.74) is 6.09. The molecule has 4 heterocycles. The fourth-order valence-corrected chi connectivity index (χ4v) is 10.4. The van der Waals surface area contributed by atoms with Crippen LogP contribution in [0, 0.1) is 23.7 Å². The Balaban J connectivity index is 1.09. The molecule has 6 heteroatoms. The maximum absolute atomic E-state index is 13.8. The molecule has 1 aliphatic carbocycles. The number of carbonyl (C=O) groups is 2. The molecule has 4 aliphatic rings. The molecule has 3 fully saturated rings. The van der Waals surface area contributed by atoms with E-state index in [-0.39, 0.29) is 23.7 Å². The summed E-state index contributed by atoms with van der Waals surface area (Å²) >= 11 is 0.488. The topological polar surface area (TPSA) is 62.6 Å². The van der Waals surface area contributed by atoms with Crippen LogP contribution in [-0.4, -0.2) is 55.1 Å². The van der Waals surface area contributed by atoms with E-state index in [0.29, 0.717) is 51.7 Å². The molecule has 4 atom stereocenters. The Bertz CT molecular complexity index is 1330. The van der Waals surface area contributed by atoms with Gasteiger partial charge in [0, 0.05) is 29.9 Å². The van der Waals surface area contributed by atoms with Gasteiger partial charge in [-0.15, -0.1) is 0 Å².